The Labute approximate surface area is 136 Å². The molecule has 22 heavy (non-hydrogen) atoms. The molecule has 0 saturated carbocycles. The van der Waals surface area contributed by atoms with Crippen LogP contribution in [0.3, 0.4) is 0 Å². The van der Waals surface area contributed by atoms with Gasteiger partial charge in [-0.2, -0.15) is 5.10 Å². The maximum Gasteiger partial charge on any atom is 0.221 e. The number of carbonyl (C=O) groups excluding carboxylic acids is 1. The minimum Gasteiger partial charge on any atom is -0.379 e. The summed E-state index contributed by atoms with van der Waals surface area (Å²) >= 11 is 6.09. The van der Waals surface area contributed by atoms with Gasteiger partial charge in [-0.3, -0.25) is 14.4 Å². The lowest BCUT2D eigenvalue weighted by atomic mass is 10.3. The Morgan fingerprint density at radius 3 is 2.68 bits per heavy atom. The zero-order chi connectivity index (χ0) is 15.9. The van der Waals surface area contributed by atoms with E-state index in [1.165, 1.54) is 0 Å². The molecule has 2 rings (SSSR count). The van der Waals surface area contributed by atoms with Crippen LogP contribution in [0.4, 0.5) is 0 Å². The molecule has 0 atom stereocenters. The van der Waals surface area contributed by atoms with Crippen LogP contribution in [0.1, 0.15) is 24.2 Å². The molecule has 1 aliphatic heterocycles. The van der Waals surface area contributed by atoms with Gasteiger partial charge in [0, 0.05) is 26.1 Å². The van der Waals surface area contributed by atoms with E-state index in [1.807, 2.05) is 13.8 Å². The van der Waals surface area contributed by atoms with Crippen LogP contribution >= 0.6 is 11.6 Å². The van der Waals surface area contributed by atoms with Crippen molar-refractivity contribution >= 4 is 17.5 Å². The van der Waals surface area contributed by atoms with Gasteiger partial charge in [0.2, 0.25) is 5.91 Å². The van der Waals surface area contributed by atoms with Gasteiger partial charge in [0.15, 0.2) is 0 Å². The highest BCUT2D eigenvalue weighted by Gasteiger charge is 2.11. The zero-order valence-electron chi connectivity index (χ0n) is 13.4. The van der Waals surface area contributed by atoms with Gasteiger partial charge in [0.25, 0.3) is 0 Å². The number of carbonyl (C=O) groups is 1. The van der Waals surface area contributed by atoms with Crippen molar-refractivity contribution < 1.29 is 9.53 Å². The number of ether oxygens (including phenoxy) is 1. The molecular formula is C15H25ClN4O2. The van der Waals surface area contributed by atoms with Crippen LogP contribution in [-0.4, -0.2) is 60.0 Å². The van der Waals surface area contributed by atoms with Gasteiger partial charge >= 0.3 is 0 Å². The first-order valence-corrected chi connectivity index (χ1v) is 8.22. The summed E-state index contributed by atoms with van der Waals surface area (Å²) in [7, 11) is 0. The van der Waals surface area contributed by atoms with Crippen molar-refractivity contribution in [1.82, 2.24) is 20.0 Å². The van der Waals surface area contributed by atoms with Crippen molar-refractivity contribution in [3.63, 3.8) is 0 Å². The van der Waals surface area contributed by atoms with Gasteiger partial charge in [-0.05, 0) is 26.8 Å². The summed E-state index contributed by atoms with van der Waals surface area (Å²) in [5, 5.41) is 7.97. The number of amides is 1. The Hall–Kier alpha value is -1.11. The topological polar surface area (TPSA) is 59.4 Å². The fourth-order valence-electron chi connectivity index (χ4n) is 2.54. The normalized spacial score (nSPS) is 16.0. The first-order valence-electron chi connectivity index (χ1n) is 7.84. The predicted octanol–water partition coefficient (Wildman–Crippen LogP) is 1.38. The van der Waals surface area contributed by atoms with E-state index in [9.17, 15) is 4.79 Å². The van der Waals surface area contributed by atoms with Crippen molar-refractivity contribution in [3.05, 3.63) is 16.4 Å². The predicted molar refractivity (Wildman–Crippen MR) is 86.2 cm³/mol. The smallest absolute Gasteiger partial charge is 0.221 e. The van der Waals surface area contributed by atoms with E-state index in [-0.39, 0.29) is 5.91 Å². The minimum absolute atomic E-state index is 0.0608. The molecule has 1 aromatic heterocycles. The number of morpholine rings is 1. The number of hydrogen-bond donors (Lipinski definition) is 1. The molecule has 2 heterocycles. The molecule has 1 N–H and O–H groups in total. The van der Waals surface area contributed by atoms with Gasteiger partial charge < -0.3 is 10.1 Å². The Bertz CT molecular complexity index is 498. The van der Waals surface area contributed by atoms with E-state index in [4.69, 9.17) is 16.3 Å². The lowest BCUT2D eigenvalue weighted by Gasteiger charge is -2.26. The van der Waals surface area contributed by atoms with E-state index >= 15 is 0 Å². The fraction of sp³-hybridized carbons (Fsp3) is 0.733. The summed E-state index contributed by atoms with van der Waals surface area (Å²) in [5.74, 6) is 0.0608. The first-order chi connectivity index (χ1) is 10.6. The highest BCUT2D eigenvalue weighted by atomic mass is 35.5. The SMILES string of the molecule is Cc1nn(CCC(=O)NCCCN2CCOCC2)c(C)c1Cl. The Kier molecular flexibility index (Phi) is 6.67. The quantitative estimate of drug-likeness (QED) is 0.768. The lowest BCUT2D eigenvalue weighted by Crippen LogP contribution is -2.38. The average molecular weight is 329 g/mol. The van der Waals surface area contributed by atoms with Crippen molar-refractivity contribution in [2.75, 3.05) is 39.4 Å². The molecule has 0 aliphatic carbocycles. The number of nitrogens with one attached hydrogen (secondary N) is 1. The lowest BCUT2D eigenvalue weighted by molar-refractivity contribution is -0.121. The van der Waals surface area contributed by atoms with E-state index in [1.54, 1.807) is 4.68 Å². The number of hydrogen-bond acceptors (Lipinski definition) is 4. The molecule has 1 saturated heterocycles. The summed E-state index contributed by atoms with van der Waals surface area (Å²) in [6.45, 7) is 9.70. The van der Waals surface area contributed by atoms with Gasteiger partial charge in [-0.15, -0.1) is 0 Å². The highest BCUT2D eigenvalue weighted by Crippen LogP contribution is 2.18. The Balaban J connectivity index is 1.60. The molecule has 0 aromatic carbocycles. The second-order valence-electron chi connectivity index (χ2n) is 5.62. The number of nitrogens with zero attached hydrogens (tertiary/aromatic N) is 3. The minimum atomic E-state index is 0.0608. The molecule has 0 bridgehead atoms. The van der Waals surface area contributed by atoms with Crippen molar-refractivity contribution in [3.8, 4) is 0 Å². The molecule has 124 valence electrons. The number of rotatable bonds is 7. The molecule has 0 radical (unpaired) electrons. The van der Waals surface area contributed by atoms with Gasteiger partial charge in [0.05, 0.1) is 36.2 Å². The van der Waals surface area contributed by atoms with Crippen LogP contribution in [0.2, 0.25) is 5.02 Å². The monoisotopic (exact) mass is 328 g/mol. The zero-order valence-corrected chi connectivity index (χ0v) is 14.2. The van der Waals surface area contributed by atoms with Crippen molar-refractivity contribution in [2.24, 2.45) is 0 Å². The third-order valence-electron chi connectivity index (χ3n) is 3.92. The summed E-state index contributed by atoms with van der Waals surface area (Å²) in [6.07, 6.45) is 1.40. The van der Waals surface area contributed by atoms with E-state index in [0.29, 0.717) is 24.5 Å². The molecule has 6 nitrogen and oxygen atoms in total. The molecular weight excluding hydrogens is 304 g/mol. The summed E-state index contributed by atoms with van der Waals surface area (Å²) in [4.78, 5) is 14.2. The van der Waals surface area contributed by atoms with Crippen LogP contribution in [0.15, 0.2) is 0 Å². The number of halogens is 1. The van der Waals surface area contributed by atoms with Crippen LogP contribution in [0, 0.1) is 13.8 Å². The maximum atomic E-state index is 11.9. The van der Waals surface area contributed by atoms with Crippen LogP contribution in [0.25, 0.3) is 0 Å². The molecule has 0 unspecified atom stereocenters. The van der Waals surface area contributed by atoms with Crippen LogP contribution in [-0.2, 0) is 16.1 Å². The molecule has 1 aromatic rings. The Morgan fingerprint density at radius 2 is 2.05 bits per heavy atom. The largest absolute Gasteiger partial charge is 0.379 e. The van der Waals surface area contributed by atoms with Crippen molar-refractivity contribution in [2.45, 2.75) is 33.2 Å². The second kappa shape index (κ2) is 8.50. The van der Waals surface area contributed by atoms with Crippen molar-refractivity contribution in [1.29, 1.82) is 0 Å². The number of aromatic nitrogens is 2. The second-order valence-corrected chi connectivity index (χ2v) is 5.99. The molecule has 7 heteroatoms. The summed E-state index contributed by atoms with van der Waals surface area (Å²) < 4.78 is 7.11. The third-order valence-corrected chi connectivity index (χ3v) is 4.47. The maximum absolute atomic E-state index is 11.9. The molecule has 0 spiro atoms. The van der Waals surface area contributed by atoms with E-state index < -0.39 is 0 Å². The van der Waals surface area contributed by atoms with Crippen LogP contribution < -0.4 is 5.32 Å². The van der Waals surface area contributed by atoms with Gasteiger partial charge in [-0.1, -0.05) is 11.6 Å². The highest BCUT2D eigenvalue weighted by molar-refractivity contribution is 6.31. The molecule has 1 aliphatic rings. The molecule has 1 amide bonds. The first kappa shape index (κ1) is 17.2. The molecule has 1 fully saturated rings. The van der Waals surface area contributed by atoms with Crippen LogP contribution in [0.5, 0.6) is 0 Å². The Morgan fingerprint density at radius 1 is 1.32 bits per heavy atom. The van der Waals surface area contributed by atoms with Gasteiger partial charge in [-0.25, -0.2) is 0 Å². The third kappa shape index (κ3) is 4.97. The summed E-state index contributed by atoms with van der Waals surface area (Å²) in [5.41, 5.74) is 1.73. The van der Waals surface area contributed by atoms with E-state index in [0.717, 1.165) is 50.7 Å². The summed E-state index contributed by atoms with van der Waals surface area (Å²) in [6, 6.07) is 0. The fourth-order valence-corrected chi connectivity index (χ4v) is 2.68. The van der Waals surface area contributed by atoms with Gasteiger partial charge in [0.1, 0.15) is 0 Å². The standard InChI is InChI=1S/C15H25ClN4O2/c1-12-15(16)13(2)20(18-12)7-4-14(21)17-5-3-6-19-8-10-22-11-9-19/h3-11H2,1-2H3,(H,17,21). The number of aryl methyl sites for hydroxylation is 2. The van der Waals surface area contributed by atoms with E-state index in [2.05, 4.69) is 15.3 Å². The average Bonchev–Trinajstić information content (AvgIpc) is 2.78.